The van der Waals surface area contributed by atoms with E-state index in [0.717, 1.165) is 37.8 Å². The maximum atomic E-state index is 11.8. The molecule has 1 aromatic carbocycles. The van der Waals surface area contributed by atoms with Crippen molar-refractivity contribution >= 4 is 23.0 Å². The van der Waals surface area contributed by atoms with Crippen molar-refractivity contribution in [2.75, 3.05) is 0 Å². The summed E-state index contributed by atoms with van der Waals surface area (Å²) in [7, 11) is 0. The maximum absolute atomic E-state index is 11.8. The Morgan fingerprint density at radius 1 is 1.24 bits per heavy atom. The molecule has 8 heteroatoms. The Morgan fingerprint density at radius 3 is 2.62 bits per heavy atom. The molecule has 1 atom stereocenters. The number of carbonyl (C=O) groups excluding carboxylic acids is 1. The Bertz CT molecular complexity index is 1180. The third kappa shape index (κ3) is 3.23. The molecule has 0 bridgehead atoms. The maximum Gasteiger partial charge on any atom is 0.220 e. The lowest BCUT2D eigenvalue weighted by Gasteiger charge is -2.11. The third-order valence-electron chi connectivity index (χ3n) is 5.06. The van der Waals surface area contributed by atoms with Gasteiger partial charge in [-0.1, -0.05) is 29.8 Å². The molecule has 0 saturated carbocycles. The van der Waals surface area contributed by atoms with Gasteiger partial charge in [0.15, 0.2) is 5.82 Å². The lowest BCUT2D eigenvalue weighted by Crippen LogP contribution is -2.17. The normalized spacial score (nSPS) is 15.1. The summed E-state index contributed by atoms with van der Waals surface area (Å²) in [4.78, 5) is 17.7. The van der Waals surface area contributed by atoms with Crippen LogP contribution in [0.1, 0.15) is 51.2 Å². The molecule has 0 fully saturated rings. The Kier molecular flexibility index (Phi) is 4.76. The van der Waals surface area contributed by atoms with Crippen LogP contribution >= 0.6 is 11.3 Å². The average molecular weight is 404 g/mol. The number of fused-ring (bicyclic) bond motifs is 3. The van der Waals surface area contributed by atoms with E-state index >= 15 is 0 Å². The second kappa shape index (κ2) is 7.26. The van der Waals surface area contributed by atoms with Gasteiger partial charge in [-0.15, -0.1) is 21.5 Å². The SMILES string of the molecule is Cc1ccc(C2=N[C@@H](CC(N)=O)c3nnc(C)n3-c3sc(CC#N)c(C)c32)cc1. The van der Waals surface area contributed by atoms with Crippen LogP contribution in [-0.4, -0.2) is 26.4 Å². The second-order valence-electron chi connectivity index (χ2n) is 7.14. The smallest absolute Gasteiger partial charge is 0.220 e. The number of hydrogen-bond acceptors (Lipinski definition) is 6. The van der Waals surface area contributed by atoms with Gasteiger partial charge in [0.05, 0.1) is 24.6 Å². The highest BCUT2D eigenvalue weighted by Gasteiger charge is 2.32. The molecule has 29 heavy (non-hydrogen) atoms. The van der Waals surface area contributed by atoms with Gasteiger partial charge in [-0.05, 0) is 26.3 Å². The van der Waals surface area contributed by atoms with Crippen molar-refractivity contribution in [3.63, 3.8) is 0 Å². The molecule has 2 N–H and O–H groups in total. The number of benzene rings is 1. The minimum Gasteiger partial charge on any atom is -0.370 e. The van der Waals surface area contributed by atoms with E-state index in [0.29, 0.717) is 18.1 Å². The zero-order chi connectivity index (χ0) is 20.7. The fourth-order valence-corrected chi connectivity index (χ4v) is 4.90. The number of rotatable bonds is 4. The quantitative estimate of drug-likeness (QED) is 0.720. The largest absolute Gasteiger partial charge is 0.370 e. The molecular weight excluding hydrogens is 384 g/mol. The molecule has 2 aromatic heterocycles. The van der Waals surface area contributed by atoms with Gasteiger partial charge in [-0.3, -0.25) is 14.4 Å². The molecule has 0 aliphatic carbocycles. The number of carbonyl (C=O) groups is 1. The van der Waals surface area contributed by atoms with Crippen molar-refractivity contribution in [1.29, 1.82) is 5.26 Å². The molecule has 0 radical (unpaired) electrons. The molecule has 1 aliphatic heterocycles. The van der Waals surface area contributed by atoms with Crippen LogP contribution in [0.25, 0.3) is 5.00 Å². The predicted octanol–water partition coefficient (Wildman–Crippen LogP) is 3.09. The second-order valence-corrected chi connectivity index (χ2v) is 8.22. The van der Waals surface area contributed by atoms with Crippen LogP contribution in [0.2, 0.25) is 0 Å². The topological polar surface area (TPSA) is 110 Å². The summed E-state index contributed by atoms with van der Waals surface area (Å²) in [5.41, 5.74) is 10.4. The lowest BCUT2D eigenvalue weighted by molar-refractivity contribution is -0.118. The fourth-order valence-electron chi connectivity index (χ4n) is 3.60. The first-order valence-electron chi connectivity index (χ1n) is 9.25. The number of nitrogens with two attached hydrogens (primary N) is 1. The Morgan fingerprint density at radius 2 is 1.97 bits per heavy atom. The van der Waals surface area contributed by atoms with E-state index in [1.54, 1.807) is 11.3 Å². The van der Waals surface area contributed by atoms with Gasteiger partial charge in [0.2, 0.25) is 5.91 Å². The first kappa shape index (κ1) is 19.0. The highest BCUT2D eigenvalue weighted by molar-refractivity contribution is 7.15. The van der Waals surface area contributed by atoms with Crippen LogP contribution in [0.3, 0.4) is 0 Å². The summed E-state index contributed by atoms with van der Waals surface area (Å²) >= 11 is 1.55. The van der Waals surface area contributed by atoms with Crippen molar-refractivity contribution in [3.05, 3.63) is 63.0 Å². The molecule has 0 spiro atoms. The summed E-state index contributed by atoms with van der Waals surface area (Å²) in [5, 5.41) is 18.7. The number of aliphatic imine (C=N–C) groups is 1. The lowest BCUT2D eigenvalue weighted by atomic mass is 9.98. The molecule has 4 rings (SSSR count). The molecule has 3 heterocycles. The number of thiophene rings is 1. The van der Waals surface area contributed by atoms with Crippen molar-refractivity contribution < 1.29 is 4.79 Å². The predicted molar refractivity (Wildman–Crippen MR) is 111 cm³/mol. The zero-order valence-corrected chi connectivity index (χ0v) is 17.2. The molecule has 3 aromatic rings. The van der Waals surface area contributed by atoms with Gasteiger partial charge >= 0.3 is 0 Å². The van der Waals surface area contributed by atoms with E-state index in [4.69, 9.17) is 10.7 Å². The van der Waals surface area contributed by atoms with Crippen LogP contribution in [0.15, 0.2) is 29.3 Å². The monoisotopic (exact) mass is 404 g/mol. The molecular formula is C21H20N6OS. The summed E-state index contributed by atoms with van der Waals surface area (Å²) in [6, 6.07) is 9.85. The Balaban J connectivity index is 2.04. The van der Waals surface area contributed by atoms with E-state index in [1.807, 2.05) is 49.6 Å². The number of hydrogen-bond donors (Lipinski definition) is 1. The number of aryl methyl sites for hydroxylation is 2. The summed E-state index contributed by atoms with van der Waals surface area (Å²) in [5.74, 6) is 0.858. The first-order chi connectivity index (χ1) is 13.9. The third-order valence-corrected chi connectivity index (χ3v) is 6.34. The Hall–Kier alpha value is -3.31. The van der Waals surface area contributed by atoms with Gasteiger partial charge in [-0.2, -0.15) is 5.26 Å². The minimum absolute atomic E-state index is 0.0482. The summed E-state index contributed by atoms with van der Waals surface area (Å²) in [6.07, 6.45) is 0.373. The highest BCUT2D eigenvalue weighted by atomic mass is 32.1. The summed E-state index contributed by atoms with van der Waals surface area (Å²) in [6.45, 7) is 5.92. The van der Waals surface area contributed by atoms with E-state index in [2.05, 4.69) is 16.3 Å². The van der Waals surface area contributed by atoms with Gasteiger partial charge in [0.1, 0.15) is 16.9 Å². The van der Waals surface area contributed by atoms with E-state index in [1.165, 1.54) is 0 Å². The van der Waals surface area contributed by atoms with Gasteiger partial charge < -0.3 is 5.73 Å². The molecule has 7 nitrogen and oxygen atoms in total. The van der Waals surface area contributed by atoms with E-state index < -0.39 is 11.9 Å². The van der Waals surface area contributed by atoms with Crippen molar-refractivity contribution in [1.82, 2.24) is 14.8 Å². The van der Waals surface area contributed by atoms with Gasteiger partial charge in [-0.25, -0.2) is 0 Å². The van der Waals surface area contributed by atoms with Crippen LogP contribution in [0, 0.1) is 32.1 Å². The number of nitrogens with zero attached hydrogens (tertiary/aromatic N) is 5. The fraction of sp³-hybridized carbons (Fsp3) is 0.286. The first-order valence-corrected chi connectivity index (χ1v) is 10.1. The number of amides is 1. The zero-order valence-electron chi connectivity index (χ0n) is 16.4. The number of aromatic nitrogens is 3. The minimum atomic E-state index is -0.525. The van der Waals surface area contributed by atoms with Crippen LogP contribution < -0.4 is 5.73 Å². The molecule has 0 saturated heterocycles. The highest BCUT2D eigenvalue weighted by Crippen LogP contribution is 2.39. The average Bonchev–Trinajstić information content (AvgIpc) is 3.16. The number of primary amides is 1. The molecule has 1 aliphatic rings. The summed E-state index contributed by atoms with van der Waals surface area (Å²) < 4.78 is 1.95. The van der Waals surface area contributed by atoms with E-state index in [9.17, 15) is 10.1 Å². The van der Waals surface area contributed by atoms with Crippen LogP contribution in [-0.2, 0) is 11.2 Å². The van der Waals surface area contributed by atoms with Crippen LogP contribution in [0.5, 0.6) is 0 Å². The molecule has 1 amide bonds. The van der Waals surface area contributed by atoms with Gasteiger partial charge in [0, 0.05) is 16.0 Å². The molecule has 0 unspecified atom stereocenters. The van der Waals surface area contributed by atoms with Crippen molar-refractivity contribution in [2.24, 2.45) is 10.7 Å². The van der Waals surface area contributed by atoms with Crippen molar-refractivity contribution in [2.45, 2.75) is 39.7 Å². The number of nitriles is 1. The standard InChI is InChI=1S/C21H20N6OS/c1-11-4-6-14(7-5-11)19-18-12(2)16(8-9-22)29-21(18)27-13(3)25-26-20(27)15(24-19)10-17(23)28/h4-7,15H,8,10H2,1-3H3,(H2,23,28)/t15-/m0/s1. The Labute approximate surface area is 172 Å². The van der Waals surface area contributed by atoms with Crippen molar-refractivity contribution in [3.8, 4) is 11.1 Å². The van der Waals surface area contributed by atoms with Crippen LogP contribution in [0.4, 0.5) is 0 Å². The van der Waals surface area contributed by atoms with E-state index in [-0.39, 0.29) is 6.42 Å². The van der Waals surface area contributed by atoms with Gasteiger partial charge in [0.25, 0.3) is 0 Å². The molecule has 146 valence electrons.